The second kappa shape index (κ2) is 11.2. The number of ether oxygens (including phenoxy) is 2. The summed E-state index contributed by atoms with van der Waals surface area (Å²) >= 11 is 6.39. The maximum Gasteiger partial charge on any atom is 0.250 e. The Morgan fingerprint density at radius 2 is 1.92 bits per heavy atom. The number of nitrogens with zero attached hydrogens (tertiary/aromatic N) is 1. The highest BCUT2D eigenvalue weighted by atomic mass is 35.5. The number of rotatable bonds is 10. The van der Waals surface area contributed by atoms with Gasteiger partial charge in [-0.05, 0) is 75.4 Å². The van der Waals surface area contributed by atoms with Crippen LogP contribution in [-0.4, -0.2) is 65.2 Å². The second-order valence-electron chi connectivity index (χ2n) is 10.4. The van der Waals surface area contributed by atoms with Crippen LogP contribution in [0.1, 0.15) is 38.2 Å². The maximum atomic E-state index is 13.9. The molecule has 3 fully saturated rings. The molecule has 9 nitrogen and oxygen atoms in total. The Hall–Kier alpha value is -3.14. The molecule has 3 N–H and O–H groups in total. The van der Waals surface area contributed by atoms with Gasteiger partial charge in [-0.3, -0.25) is 14.4 Å². The zero-order valence-electron chi connectivity index (χ0n) is 22.1. The van der Waals surface area contributed by atoms with Gasteiger partial charge in [-0.15, -0.1) is 0 Å². The number of likely N-dealkylation sites (tertiary alicyclic amines) is 1. The first-order valence-electron chi connectivity index (χ1n) is 13.5. The van der Waals surface area contributed by atoms with Gasteiger partial charge in [0.15, 0.2) is 0 Å². The summed E-state index contributed by atoms with van der Waals surface area (Å²) in [6.07, 6.45) is 1.62. The fraction of sp³-hybridized carbons (Fsp3) is 0.483. The number of aliphatic hydroxyl groups is 1. The van der Waals surface area contributed by atoms with E-state index in [9.17, 15) is 19.5 Å². The van der Waals surface area contributed by atoms with Gasteiger partial charge in [0.25, 0.3) is 0 Å². The molecule has 3 saturated heterocycles. The standard InChI is InChI=1S/C29H34ClN3O6/c1-3-38-19-11-9-18(10-12-19)31-26(35)22-21-13-14-29(39-21)23(22)28(37)33(15-4-5-16-34)25(29)27(36)32-24-17(2)7-6-8-20(24)30/h6-12,21-23,25,34H,3-5,13-16H2,1-2H3,(H,31,35)(H,32,36)/t21-,22+,23-,25?,29?/m0/s1. The average molecular weight is 556 g/mol. The number of aliphatic hydroxyl groups excluding tert-OH is 1. The van der Waals surface area contributed by atoms with Gasteiger partial charge >= 0.3 is 0 Å². The van der Waals surface area contributed by atoms with Crippen LogP contribution in [0.15, 0.2) is 42.5 Å². The van der Waals surface area contributed by atoms with Gasteiger partial charge in [0.1, 0.15) is 17.4 Å². The monoisotopic (exact) mass is 555 g/mol. The molecule has 0 aromatic heterocycles. The fourth-order valence-electron chi connectivity index (χ4n) is 6.40. The van der Waals surface area contributed by atoms with Crippen molar-refractivity contribution in [2.45, 2.75) is 57.3 Å². The molecule has 5 atom stereocenters. The Balaban J connectivity index is 1.43. The smallest absolute Gasteiger partial charge is 0.250 e. The molecule has 2 aromatic rings. The van der Waals surface area contributed by atoms with Crippen molar-refractivity contribution in [2.75, 3.05) is 30.4 Å². The number of halogens is 1. The molecule has 39 heavy (non-hydrogen) atoms. The molecule has 3 aliphatic heterocycles. The number of aryl methyl sites for hydroxylation is 1. The molecule has 2 bridgehead atoms. The molecule has 10 heteroatoms. The van der Waals surface area contributed by atoms with Gasteiger partial charge in [0, 0.05) is 18.8 Å². The third kappa shape index (κ3) is 4.88. The lowest BCUT2D eigenvalue weighted by Gasteiger charge is -2.33. The molecule has 208 valence electrons. The highest BCUT2D eigenvalue weighted by molar-refractivity contribution is 6.34. The Morgan fingerprint density at radius 1 is 1.15 bits per heavy atom. The number of anilines is 2. The predicted molar refractivity (Wildman–Crippen MR) is 147 cm³/mol. The van der Waals surface area contributed by atoms with Gasteiger partial charge in [0.05, 0.1) is 35.3 Å². The molecule has 1 spiro atoms. The number of unbranched alkanes of at least 4 members (excludes halogenated alkanes) is 1. The third-order valence-electron chi connectivity index (χ3n) is 8.06. The van der Waals surface area contributed by atoms with Crippen LogP contribution in [0.3, 0.4) is 0 Å². The summed E-state index contributed by atoms with van der Waals surface area (Å²) in [5.74, 6) is -1.77. The van der Waals surface area contributed by atoms with Crippen LogP contribution < -0.4 is 15.4 Å². The van der Waals surface area contributed by atoms with Crippen molar-refractivity contribution in [1.82, 2.24) is 4.90 Å². The minimum Gasteiger partial charge on any atom is -0.494 e. The molecular formula is C29H34ClN3O6. The van der Waals surface area contributed by atoms with Gasteiger partial charge in [-0.25, -0.2) is 0 Å². The van der Waals surface area contributed by atoms with Crippen LogP contribution in [0.25, 0.3) is 0 Å². The molecule has 5 rings (SSSR count). The van der Waals surface area contributed by atoms with Crippen molar-refractivity contribution < 1.29 is 29.0 Å². The van der Waals surface area contributed by atoms with Crippen molar-refractivity contribution in [3.63, 3.8) is 0 Å². The van der Waals surface area contributed by atoms with Gasteiger partial charge < -0.3 is 30.1 Å². The summed E-state index contributed by atoms with van der Waals surface area (Å²) in [5, 5.41) is 15.6. The molecule has 3 aliphatic rings. The first-order valence-corrected chi connectivity index (χ1v) is 13.9. The summed E-state index contributed by atoms with van der Waals surface area (Å²) < 4.78 is 11.9. The minimum atomic E-state index is -1.11. The lowest BCUT2D eigenvalue weighted by atomic mass is 9.70. The third-order valence-corrected chi connectivity index (χ3v) is 8.38. The van der Waals surface area contributed by atoms with E-state index in [1.165, 1.54) is 0 Å². The Morgan fingerprint density at radius 3 is 2.62 bits per heavy atom. The zero-order chi connectivity index (χ0) is 27.7. The van der Waals surface area contributed by atoms with Crippen LogP contribution in [0.5, 0.6) is 5.75 Å². The normalized spacial score (nSPS) is 27.0. The Bertz CT molecular complexity index is 1230. The van der Waals surface area contributed by atoms with Gasteiger partial charge in [-0.1, -0.05) is 23.7 Å². The molecule has 0 aliphatic carbocycles. The van der Waals surface area contributed by atoms with Gasteiger partial charge in [0.2, 0.25) is 17.7 Å². The van der Waals surface area contributed by atoms with Crippen LogP contribution >= 0.6 is 11.6 Å². The summed E-state index contributed by atoms with van der Waals surface area (Å²) in [7, 11) is 0. The highest BCUT2D eigenvalue weighted by Crippen LogP contribution is 2.58. The first-order chi connectivity index (χ1) is 18.8. The number of para-hydroxylation sites is 1. The van der Waals surface area contributed by atoms with Crippen molar-refractivity contribution >= 4 is 40.7 Å². The van der Waals surface area contributed by atoms with Gasteiger partial charge in [-0.2, -0.15) is 0 Å². The van der Waals surface area contributed by atoms with E-state index in [0.29, 0.717) is 54.4 Å². The average Bonchev–Trinajstić information content (AvgIpc) is 3.55. The number of benzene rings is 2. The second-order valence-corrected chi connectivity index (χ2v) is 10.8. The number of nitrogens with one attached hydrogen (secondary N) is 2. The van der Waals surface area contributed by atoms with Crippen LogP contribution in [0.4, 0.5) is 11.4 Å². The Kier molecular flexibility index (Phi) is 7.84. The molecule has 0 saturated carbocycles. The fourth-order valence-corrected chi connectivity index (χ4v) is 6.67. The highest BCUT2D eigenvalue weighted by Gasteiger charge is 2.74. The number of carbonyl (C=O) groups excluding carboxylic acids is 3. The van der Waals surface area contributed by atoms with E-state index in [1.807, 2.05) is 19.9 Å². The molecule has 3 amide bonds. The van der Waals surface area contributed by atoms with E-state index in [0.717, 1.165) is 5.56 Å². The van der Waals surface area contributed by atoms with Crippen LogP contribution in [-0.2, 0) is 19.1 Å². The lowest BCUT2D eigenvalue weighted by molar-refractivity contribution is -0.139. The minimum absolute atomic E-state index is 0.0159. The Labute approximate surface area is 232 Å². The molecule has 0 radical (unpaired) electrons. The van der Waals surface area contributed by atoms with E-state index in [2.05, 4.69) is 10.6 Å². The predicted octanol–water partition coefficient (Wildman–Crippen LogP) is 3.77. The quantitative estimate of drug-likeness (QED) is 0.384. The molecule has 2 aromatic carbocycles. The number of hydrogen-bond donors (Lipinski definition) is 3. The summed E-state index contributed by atoms with van der Waals surface area (Å²) in [6.45, 7) is 4.55. The zero-order valence-corrected chi connectivity index (χ0v) is 22.9. The van der Waals surface area contributed by atoms with Crippen molar-refractivity contribution in [3.8, 4) is 5.75 Å². The van der Waals surface area contributed by atoms with Crippen molar-refractivity contribution in [2.24, 2.45) is 11.8 Å². The van der Waals surface area contributed by atoms with E-state index in [1.54, 1.807) is 41.3 Å². The summed E-state index contributed by atoms with van der Waals surface area (Å²) in [4.78, 5) is 42.9. The number of amides is 3. The first kappa shape index (κ1) is 27.4. The number of fused-ring (bicyclic) bond motifs is 1. The SMILES string of the molecule is CCOc1ccc(NC(=O)[C@@H]2[C@@H]3CCC4(O3)C(C(=O)Nc3c(C)cccc3Cl)N(CCCCO)C(=O)[C@H]24)cc1. The number of hydrogen-bond acceptors (Lipinski definition) is 6. The summed E-state index contributed by atoms with van der Waals surface area (Å²) in [5.41, 5.74) is 0.768. The van der Waals surface area contributed by atoms with Crippen LogP contribution in [0, 0.1) is 18.8 Å². The van der Waals surface area contributed by atoms with Crippen molar-refractivity contribution in [1.29, 1.82) is 0 Å². The summed E-state index contributed by atoms with van der Waals surface area (Å²) in [6, 6.07) is 11.5. The van der Waals surface area contributed by atoms with Crippen molar-refractivity contribution in [3.05, 3.63) is 53.1 Å². The van der Waals surface area contributed by atoms with E-state index >= 15 is 0 Å². The van der Waals surface area contributed by atoms with Crippen LogP contribution in [0.2, 0.25) is 5.02 Å². The maximum absolute atomic E-state index is 13.9. The lowest BCUT2D eigenvalue weighted by Crippen LogP contribution is -2.53. The number of carbonyl (C=O) groups is 3. The molecule has 2 unspecified atom stereocenters. The molecular weight excluding hydrogens is 522 g/mol. The largest absolute Gasteiger partial charge is 0.494 e. The molecule has 3 heterocycles. The van der Waals surface area contributed by atoms with E-state index in [4.69, 9.17) is 21.1 Å². The van der Waals surface area contributed by atoms with E-state index in [-0.39, 0.29) is 30.9 Å². The van der Waals surface area contributed by atoms with E-state index < -0.39 is 29.6 Å². The topological polar surface area (TPSA) is 117 Å².